The predicted octanol–water partition coefficient (Wildman–Crippen LogP) is 6.48. The van der Waals surface area contributed by atoms with E-state index in [0.29, 0.717) is 5.41 Å². The van der Waals surface area contributed by atoms with Gasteiger partial charge in [0, 0.05) is 6.20 Å². The van der Waals surface area contributed by atoms with Crippen LogP contribution in [0.5, 0.6) is 0 Å². The Morgan fingerprint density at radius 3 is 2.11 bits per heavy atom. The van der Waals surface area contributed by atoms with E-state index in [2.05, 4.69) is 38.0 Å². The van der Waals surface area contributed by atoms with Crippen molar-refractivity contribution in [2.75, 3.05) is 0 Å². The predicted molar refractivity (Wildman–Crippen MR) is 86.1 cm³/mol. The van der Waals surface area contributed by atoms with Crippen molar-refractivity contribution in [3.05, 3.63) is 23.0 Å². The number of hydrogen-bond acceptors (Lipinski definition) is 0. The van der Waals surface area contributed by atoms with E-state index in [4.69, 9.17) is 11.6 Å². The molecule has 2 heteroatoms. The van der Waals surface area contributed by atoms with E-state index < -0.39 is 0 Å². The zero-order valence-electron chi connectivity index (χ0n) is 12.9. The smallest absolute Gasteiger partial charge is 0.106 e. The van der Waals surface area contributed by atoms with Crippen LogP contribution in [0.25, 0.3) is 0 Å². The van der Waals surface area contributed by atoms with E-state index in [9.17, 15) is 0 Å². The van der Waals surface area contributed by atoms with Crippen LogP contribution in [0.4, 0.5) is 0 Å². The molecule has 1 heterocycles. The third-order valence-electron chi connectivity index (χ3n) is 4.26. The standard InChI is InChI=1S/C17H30ClN/c1-4-6-8-10-12-17(3,11-9-7-5-2)15-13-16(18)19-14-15/h13-14,19H,4-12H2,1-3H3. The number of H-pyrrole nitrogens is 1. The first-order valence-electron chi connectivity index (χ1n) is 7.97. The van der Waals surface area contributed by atoms with E-state index in [1.54, 1.807) is 0 Å². The van der Waals surface area contributed by atoms with Gasteiger partial charge in [-0.25, -0.2) is 0 Å². The van der Waals surface area contributed by atoms with Gasteiger partial charge in [-0.1, -0.05) is 77.3 Å². The van der Waals surface area contributed by atoms with Gasteiger partial charge in [0.1, 0.15) is 5.15 Å². The van der Waals surface area contributed by atoms with Crippen LogP contribution in [0.1, 0.15) is 84.1 Å². The topological polar surface area (TPSA) is 15.8 Å². The van der Waals surface area contributed by atoms with Crippen molar-refractivity contribution in [2.45, 2.75) is 84.0 Å². The summed E-state index contributed by atoms with van der Waals surface area (Å²) >= 11 is 6.06. The second-order valence-electron chi connectivity index (χ2n) is 6.06. The monoisotopic (exact) mass is 283 g/mol. The lowest BCUT2D eigenvalue weighted by atomic mass is 9.75. The summed E-state index contributed by atoms with van der Waals surface area (Å²) in [4.78, 5) is 3.13. The highest BCUT2D eigenvalue weighted by Gasteiger charge is 2.26. The van der Waals surface area contributed by atoms with Crippen LogP contribution in [0.3, 0.4) is 0 Å². The molecule has 1 atom stereocenters. The summed E-state index contributed by atoms with van der Waals surface area (Å²) < 4.78 is 0. The van der Waals surface area contributed by atoms with Crippen LogP contribution < -0.4 is 0 Å². The Labute approximate surface area is 124 Å². The molecule has 1 aromatic heterocycles. The van der Waals surface area contributed by atoms with Gasteiger partial charge in [-0.2, -0.15) is 0 Å². The lowest BCUT2D eigenvalue weighted by molar-refractivity contribution is 0.366. The van der Waals surface area contributed by atoms with Gasteiger partial charge in [-0.15, -0.1) is 0 Å². The fraction of sp³-hybridized carbons (Fsp3) is 0.765. The molecule has 0 aliphatic carbocycles. The Bertz CT molecular complexity index is 345. The molecule has 0 radical (unpaired) electrons. The molecule has 0 spiro atoms. The largest absolute Gasteiger partial charge is 0.352 e. The molecule has 19 heavy (non-hydrogen) atoms. The first-order chi connectivity index (χ1) is 9.12. The summed E-state index contributed by atoms with van der Waals surface area (Å²) in [6.07, 6.45) is 14.0. The molecule has 0 saturated heterocycles. The van der Waals surface area contributed by atoms with Gasteiger partial charge >= 0.3 is 0 Å². The summed E-state index contributed by atoms with van der Waals surface area (Å²) in [7, 11) is 0. The number of aromatic nitrogens is 1. The maximum Gasteiger partial charge on any atom is 0.106 e. The van der Waals surface area contributed by atoms with Gasteiger partial charge < -0.3 is 4.98 Å². The number of rotatable bonds is 10. The molecule has 0 aromatic carbocycles. The van der Waals surface area contributed by atoms with Gasteiger partial charge in [-0.3, -0.25) is 0 Å². The molecule has 0 aliphatic heterocycles. The van der Waals surface area contributed by atoms with Gasteiger partial charge in [0.05, 0.1) is 0 Å². The lowest BCUT2D eigenvalue weighted by Crippen LogP contribution is -2.21. The highest BCUT2D eigenvalue weighted by atomic mass is 35.5. The molecule has 0 saturated carbocycles. The summed E-state index contributed by atoms with van der Waals surface area (Å²) in [5, 5.41) is 0.769. The maximum atomic E-state index is 6.06. The van der Waals surface area contributed by atoms with Crippen LogP contribution >= 0.6 is 11.6 Å². The molecule has 0 fully saturated rings. The van der Waals surface area contributed by atoms with Crippen LogP contribution in [-0.4, -0.2) is 4.98 Å². The third kappa shape index (κ3) is 5.60. The number of aromatic amines is 1. The number of nitrogens with one attached hydrogen (secondary N) is 1. The molecule has 1 unspecified atom stereocenters. The van der Waals surface area contributed by atoms with Crippen LogP contribution in [0.2, 0.25) is 5.15 Å². The minimum Gasteiger partial charge on any atom is -0.352 e. The molecule has 1 nitrogen and oxygen atoms in total. The van der Waals surface area contributed by atoms with Gasteiger partial charge in [0.25, 0.3) is 0 Å². The molecule has 0 bridgehead atoms. The number of hydrogen-bond donors (Lipinski definition) is 1. The van der Waals surface area contributed by atoms with Crippen molar-refractivity contribution in [2.24, 2.45) is 0 Å². The van der Waals surface area contributed by atoms with Crippen molar-refractivity contribution >= 4 is 11.6 Å². The maximum absolute atomic E-state index is 6.06. The average Bonchev–Trinajstić information content (AvgIpc) is 2.82. The second kappa shape index (κ2) is 8.68. The molecule has 1 N–H and O–H groups in total. The zero-order chi connectivity index (χ0) is 14.1. The Kier molecular flexibility index (Phi) is 7.60. The Morgan fingerprint density at radius 2 is 1.58 bits per heavy atom. The van der Waals surface area contributed by atoms with Crippen LogP contribution in [0.15, 0.2) is 12.3 Å². The quantitative estimate of drug-likeness (QED) is 0.473. The van der Waals surface area contributed by atoms with E-state index in [1.807, 2.05) is 0 Å². The third-order valence-corrected chi connectivity index (χ3v) is 4.48. The SMILES string of the molecule is CCCCCCC(C)(CCCCC)c1c[nH]c(Cl)c1. The Hall–Kier alpha value is -0.430. The fourth-order valence-electron chi connectivity index (χ4n) is 2.84. The summed E-state index contributed by atoms with van der Waals surface area (Å²) in [5.41, 5.74) is 1.69. The second-order valence-corrected chi connectivity index (χ2v) is 6.47. The Morgan fingerprint density at radius 1 is 1.00 bits per heavy atom. The van der Waals surface area contributed by atoms with Crippen molar-refractivity contribution in [1.29, 1.82) is 0 Å². The number of unbranched alkanes of at least 4 members (excludes halogenated alkanes) is 5. The minimum atomic E-state index is 0.298. The fourth-order valence-corrected chi connectivity index (χ4v) is 3.01. The highest BCUT2D eigenvalue weighted by Crippen LogP contribution is 2.36. The molecule has 1 aromatic rings. The molecular formula is C17H30ClN. The normalized spacial score (nSPS) is 14.5. The molecular weight excluding hydrogens is 254 g/mol. The molecule has 0 amide bonds. The summed E-state index contributed by atoms with van der Waals surface area (Å²) in [6.45, 7) is 6.95. The van der Waals surface area contributed by atoms with Gasteiger partial charge in [-0.05, 0) is 29.9 Å². The minimum absolute atomic E-state index is 0.298. The summed E-state index contributed by atoms with van der Waals surface area (Å²) in [6, 6.07) is 2.12. The van der Waals surface area contributed by atoms with Crippen molar-refractivity contribution in [1.82, 2.24) is 4.98 Å². The van der Waals surface area contributed by atoms with E-state index in [-0.39, 0.29) is 0 Å². The Balaban J connectivity index is 2.60. The van der Waals surface area contributed by atoms with Crippen LogP contribution in [0, 0.1) is 0 Å². The van der Waals surface area contributed by atoms with Crippen molar-refractivity contribution in [3.63, 3.8) is 0 Å². The highest BCUT2D eigenvalue weighted by molar-refractivity contribution is 6.29. The van der Waals surface area contributed by atoms with Gasteiger partial charge in [0.15, 0.2) is 0 Å². The van der Waals surface area contributed by atoms with Crippen molar-refractivity contribution in [3.8, 4) is 0 Å². The molecule has 1 rings (SSSR count). The molecule has 110 valence electrons. The van der Waals surface area contributed by atoms with Crippen LogP contribution in [-0.2, 0) is 5.41 Å². The van der Waals surface area contributed by atoms with Crippen molar-refractivity contribution < 1.29 is 0 Å². The molecule has 0 aliphatic rings. The lowest BCUT2D eigenvalue weighted by Gasteiger charge is -2.29. The van der Waals surface area contributed by atoms with E-state index >= 15 is 0 Å². The average molecular weight is 284 g/mol. The zero-order valence-corrected chi connectivity index (χ0v) is 13.7. The van der Waals surface area contributed by atoms with Gasteiger partial charge in [0.2, 0.25) is 0 Å². The van der Waals surface area contributed by atoms with E-state index in [0.717, 1.165) is 5.15 Å². The van der Waals surface area contributed by atoms with E-state index in [1.165, 1.54) is 63.4 Å². The first-order valence-corrected chi connectivity index (χ1v) is 8.34. The number of halogens is 1. The first kappa shape index (κ1) is 16.6. The summed E-state index contributed by atoms with van der Waals surface area (Å²) in [5.74, 6) is 0.